The van der Waals surface area contributed by atoms with Crippen molar-refractivity contribution in [2.45, 2.75) is 53.1 Å². The lowest BCUT2D eigenvalue weighted by Crippen LogP contribution is -2.52. The van der Waals surface area contributed by atoms with Gasteiger partial charge in [0.25, 0.3) is 0 Å². The maximum atomic E-state index is 13.8. The quantitative estimate of drug-likeness (QED) is 0.438. The van der Waals surface area contributed by atoms with Gasteiger partial charge in [-0.15, -0.1) is 0 Å². The smallest absolute Gasteiger partial charge is 0.244 e. The predicted octanol–water partition coefficient (Wildman–Crippen LogP) is 3.60. The first-order chi connectivity index (χ1) is 17.0. The van der Waals surface area contributed by atoms with E-state index in [1.165, 1.54) is 4.90 Å². The van der Waals surface area contributed by atoms with Crippen molar-refractivity contribution in [3.8, 4) is 5.75 Å². The zero-order chi connectivity index (χ0) is 26.9. The summed E-state index contributed by atoms with van der Waals surface area (Å²) in [5.41, 5.74) is 2.09. The average molecular weight is 518 g/mol. The van der Waals surface area contributed by atoms with E-state index < -0.39 is 28.5 Å². The summed E-state index contributed by atoms with van der Waals surface area (Å²) in [5, 5.41) is 2.92. The molecule has 0 heterocycles. The van der Waals surface area contributed by atoms with Crippen molar-refractivity contribution in [3.05, 3.63) is 59.7 Å². The van der Waals surface area contributed by atoms with Gasteiger partial charge in [0.1, 0.15) is 18.3 Å². The standard InChI is InChI=1S/C27H39N3O5S/c1-7-22-11-9-10-12-25(22)30(36(6,33)34)19-26(31)29(18-21-13-15-23(35-5)16-14-21)24(8-2)27(32)28-17-20(3)4/h9-16,20,24H,7-8,17-19H2,1-6H3,(H,28,32)/t24-/m0/s1. The van der Waals surface area contributed by atoms with E-state index in [1.807, 2.05) is 52.0 Å². The summed E-state index contributed by atoms with van der Waals surface area (Å²) >= 11 is 0. The van der Waals surface area contributed by atoms with Gasteiger partial charge in [0.2, 0.25) is 21.8 Å². The molecular formula is C27H39N3O5S. The number of rotatable bonds is 13. The highest BCUT2D eigenvalue weighted by atomic mass is 32.2. The predicted molar refractivity (Wildman–Crippen MR) is 143 cm³/mol. The third-order valence-corrected chi connectivity index (χ3v) is 7.03. The molecule has 198 valence electrons. The van der Waals surface area contributed by atoms with E-state index in [2.05, 4.69) is 5.32 Å². The van der Waals surface area contributed by atoms with Gasteiger partial charge in [0, 0.05) is 13.1 Å². The number of para-hydroxylation sites is 1. The van der Waals surface area contributed by atoms with Gasteiger partial charge >= 0.3 is 0 Å². The molecule has 2 rings (SSSR count). The monoisotopic (exact) mass is 517 g/mol. The molecule has 8 nitrogen and oxygen atoms in total. The second-order valence-electron chi connectivity index (χ2n) is 9.18. The van der Waals surface area contributed by atoms with Crippen molar-refractivity contribution in [1.82, 2.24) is 10.2 Å². The Kier molecular flexibility index (Phi) is 10.8. The fourth-order valence-corrected chi connectivity index (χ4v) is 4.80. The highest BCUT2D eigenvalue weighted by Gasteiger charge is 2.32. The molecule has 0 bridgehead atoms. The van der Waals surface area contributed by atoms with E-state index in [4.69, 9.17) is 4.74 Å². The van der Waals surface area contributed by atoms with Crippen LogP contribution < -0.4 is 14.4 Å². The van der Waals surface area contributed by atoms with E-state index in [-0.39, 0.29) is 18.4 Å². The maximum Gasteiger partial charge on any atom is 0.244 e. The minimum atomic E-state index is -3.77. The molecule has 0 radical (unpaired) electrons. The number of hydrogen-bond acceptors (Lipinski definition) is 5. The van der Waals surface area contributed by atoms with Crippen molar-refractivity contribution in [2.75, 3.05) is 30.8 Å². The molecule has 0 aliphatic carbocycles. The van der Waals surface area contributed by atoms with Crippen molar-refractivity contribution in [2.24, 2.45) is 5.92 Å². The Balaban J connectivity index is 2.45. The largest absolute Gasteiger partial charge is 0.497 e. The Labute approximate surface area is 215 Å². The van der Waals surface area contributed by atoms with E-state index >= 15 is 0 Å². The molecule has 0 fully saturated rings. The van der Waals surface area contributed by atoms with Crippen LogP contribution in [-0.4, -0.2) is 57.6 Å². The number of benzene rings is 2. The summed E-state index contributed by atoms with van der Waals surface area (Å²) in [4.78, 5) is 28.3. The number of anilines is 1. The van der Waals surface area contributed by atoms with E-state index in [9.17, 15) is 18.0 Å². The number of nitrogens with one attached hydrogen (secondary N) is 1. The van der Waals surface area contributed by atoms with Gasteiger partial charge in [0.05, 0.1) is 19.1 Å². The maximum absolute atomic E-state index is 13.8. The molecule has 2 aromatic rings. The van der Waals surface area contributed by atoms with E-state index in [0.717, 1.165) is 21.7 Å². The van der Waals surface area contributed by atoms with Gasteiger partial charge in [-0.05, 0) is 48.1 Å². The molecule has 0 aliphatic heterocycles. The fourth-order valence-electron chi connectivity index (χ4n) is 3.92. The second-order valence-corrected chi connectivity index (χ2v) is 11.1. The lowest BCUT2D eigenvalue weighted by Gasteiger charge is -2.33. The fraction of sp³-hybridized carbons (Fsp3) is 0.481. The number of ether oxygens (including phenoxy) is 1. The molecule has 0 aliphatic rings. The van der Waals surface area contributed by atoms with Gasteiger partial charge in [-0.1, -0.05) is 58.0 Å². The number of nitrogens with zero attached hydrogens (tertiary/aromatic N) is 2. The summed E-state index contributed by atoms with van der Waals surface area (Å²) in [5.74, 6) is 0.225. The Morgan fingerprint density at radius 3 is 2.19 bits per heavy atom. The van der Waals surface area contributed by atoms with Crippen LogP contribution in [0.25, 0.3) is 0 Å². The van der Waals surface area contributed by atoms with Gasteiger partial charge in [0.15, 0.2) is 0 Å². The molecule has 2 amide bonds. The van der Waals surface area contributed by atoms with Crippen LogP contribution in [-0.2, 0) is 32.6 Å². The average Bonchev–Trinajstić information content (AvgIpc) is 2.85. The Morgan fingerprint density at radius 1 is 1.03 bits per heavy atom. The molecule has 0 spiro atoms. The SMILES string of the molecule is CCc1ccccc1N(CC(=O)N(Cc1ccc(OC)cc1)[C@@H](CC)C(=O)NCC(C)C)S(C)(=O)=O. The van der Waals surface area contributed by atoms with Crippen LogP contribution in [0.3, 0.4) is 0 Å². The second kappa shape index (κ2) is 13.3. The first-order valence-electron chi connectivity index (χ1n) is 12.3. The Bertz CT molecular complexity index is 1120. The van der Waals surface area contributed by atoms with Gasteiger partial charge in [-0.2, -0.15) is 0 Å². The highest BCUT2D eigenvalue weighted by Crippen LogP contribution is 2.24. The minimum Gasteiger partial charge on any atom is -0.497 e. The summed E-state index contributed by atoms with van der Waals surface area (Å²) < 4.78 is 32.0. The van der Waals surface area contributed by atoms with Gasteiger partial charge in [-0.25, -0.2) is 8.42 Å². The van der Waals surface area contributed by atoms with E-state index in [1.54, 1.807) is 31.4 Å². The van der Waals surface area contributed by atoms with Crippen LogP contribution in [0, 0.1) is 5.92 Å². The number of methoxy groups -OCH3 is 1. The van der Waals surface area contributed by atoms with Crippen molar-refractivity contribution >= 4 is 27.5 Å². The lowest BCUT2D eigenvalue weighted by molar-refractivity contribution is -0.140. The molecule has 0 saturated carbocycles. The summed E-state index contributed by atoms with van der Waals surface area (Å²) in [7, 11) is -2.19. The van der Waals surface area contributed by atoms with Gasteiger partial charge < -0.3 is 15.0 Å². The van der Waals surface area contributed by atoms with E-state index in [0.29, 0.717) is 30.8 Å². The Morgan fingerprint density at radius 2 is 1.67 bits per heavy atom. The topological polar surface area (TPSA) is 96.0 Å². The molecule has 1 atom stereocenters. The molecule has 2 aromatic carbocycles. The van der Waals surface area contributed by atoms with Gasteiger partial charge in [-0.3, -0.25) is 13.9 Å². The van der Waals surface area contributed by atoms with Crippen LogP contribution >= 0.6 is 0 Å². The number of aryl methyl sites for hydroxylation is 1. The van der Waals surface area contributed by atoms with Crippen LogP contribution in [0.5, 0.6) is 5.75 Å². The molecule has 0 saturated heterocycles. The molecule has 36 heavy (non-hydrogen) atoms. The number of sulfonamides is 1. The zero-order valence-electron chi connectivity index (χ0n) is 22.2. The highest BCUT2D eigenvalue weighted by molar-refractivity contribution is 7.92. The lowest BCUT2D eigenvalue weighted by atomic mass is 10.1. The van der Waals surface area contributed by atoms with Crippen LogP contribution in [0.4, 0.5) is 5.69 Å². The molecule has 9 heteroatoms. The van der Waals surface area contributed by atoms with Crippen LogP contribution in [0.15, 0.2) is 48.5 Å². The zero-order valence-corrected chi connectivity index (χ0v) is 23.0. The minimum absolute atomic E-state index is 0.156. The normalized spacial score (nSPS) is 12.2. The third kappa shape index (κ3) is 7.98. The summed E-state index contributed by atoms with van der Waals surface area (Å²) in [6, 6.07) is 13.6. The molecule has 1 N–H and O–H groups in total. The van der Waals surface area contributed by atoms with Crippen LogP contribution in [0.2, 0.25) is 0 Å². The number of carbonyl (C=O) groups excluding carboxylic acids is 2. The first kappa shape index (κ1) is 29.2. The number of carbonyl (C=O) groups is 2. The molecule has 0 unspecified atom stereocenters. The van der Waals surface area contributed by atoms with Crippen molar-refractivity contribution in [3.63, 3.8) is 0 Å². The number of hydrogen-bond donors (Lipinski definition) is 1. The molecular weight excluding hydrogens is 478 g/mol. The first-order valence-corrected chi connectivity index (χ1v) is 14.1. The summed E-state index contributed by atoms with van der Waals surface area (Å²) in [6.45, 7) is 8.01. The van der Waals surface area contributed by atoms with Crippen molar-refractivity contribution in [1.29, 1.82) is 0 Å². The molecule has 0 aromatic heterocycles. The summed E-state index contributed by atoms with van der Waals surface area (Å²) in [6.07, 6.45) is 2.09. The third-order valence-electron chi connectivity index (χ3n) is 5.90. The Hall–Kier alpha value is -3.07. The van der Waals surface area contributed by atoms with Crippen LogP contribution in [0.1, 0.15) is 45.2 Å². The van der Waals surface area contributed by atoms with Crippen molar-refractivity contribution < 1.29 is 22.7 Å². The number of amides is 2.